The molecule has 2 unspecified atom stereocenters. The molecule has 0 radical (unpaired) electrons. The first-order valence-corrected chi connectivity index (χ1v) is 9.47. The lowest BCUT2D eigenvalue weighted by molar-refractivity contribution is 0.0740. The van der Waals surface area contributed by atoms with E-state index < -0.39 is 0 Å². The van der Waals surface area contributed by atoms with Crippen LogP contribution in [0.15, 0.2) is 18.2 Å². The molecule has 2 aliphatic heterocycles. The maximum atomic E-state index is 12.9. The molecule has 0 aromatic heterocycles. The molecule has 1 saturated carbocycles. The number of nitrogens with zero attached hydrogens (tertiary/aromatic N) is 2. The third-order valence-electron chi connectivity index (χ3n) is 5.96. The van der Waals surface area contributed by atoms with Crippen LogP contribution in [0.5, 0.6) is 5.75 Å². The summed E-state index contributed by atoms with van der Waals surface area (Å²) in [5, 5.41) is 0.500. The highest BCUT2D eigenvalue weighted by Gasteiger charge is 2.36. The summed E-state index contributed by atoms with van der Waals surface area (Å²) < 4.78 is 5.87. The summed E-state index contributed by atoms with van der Waals surface area (Å²) in [6.45, 7) is 1.63. The van der Waals surface area contributed by atoms with E-state index in [2.05, 4.69) is 11.9 Å². The lowest BCUT2D eigenvalue weighted by Gasteiger charge is -2.27. The number of fused-ring (bicyclic) bond motifs is 2. The number of carbonyl (C=O) groups is 1. The van der Waals surface area contributed by atoms with Crippen LogP contribution < -0.4 is 4.74 Å². The van der Waals surface area contributed by atoms with E-state index in [0.29, 0.717) is 28.8 Å². The van der Waals surface area contributed by atoms with Gasteiger partial charge in [-0.25, -0.2) is 0 Å². The van der Waals surface area contributed by atoms with Gasteiger partial charge in [-0.05, 0) is 63.8 Å². The van der Waals surface area contributed by atoms with E-state index in [1.165, 1.54) is 19.3 Å². The predicted molar refractivity (Wildman–Crippen MR) is 94.8 cm³/mol. The van der Waals surface area contributed by atoms with E-state index in [4.69, 9.17) is 16.3 Å². The largest absolute Gasteiger partial charge is 0.490 e. The van der Waals surface area contributed by atoms with Gasteiger partial charge in [0.25, 0.3) is 5.91 Å². The second-order valence-corrected chi connectivity index (χ2v) is 7.81. The van der Waals surface area contributed by atoms with Crippen LogP contribution in [0.2, 0.25) is 5.02 Å². The second-order valence-electron chi connectivity index (χ2n) is 7.40. The summed E-state index contributed by atoms with van der Waals surface area (Å²) in [5.41, 5.74) is 0.595. The SMILES string of the molecule is CN1C2CCC1CN(C(=O)c1ccc(OC3CCC3)cc1Cl)CC2. The third-order valence-corrected chi connectivity index (χ3v) is 6.27. The van der Waals surface area contributed by atoms with Gasteiger partial charge in [0, 0.05) is 25.2 Å². The first-order chi connectivity index (χ1) is 11.6. The molecule has 2 saturated heterocycles. The fourth-order valence-corrected chi connectivity index (χ4v) is 4.34. The van der Waals surface area contributed by atoms with Crippen molar-refractivity contribution in [3.63, 3.8) is 0 Å². The van der Waals surface area contributed by atoms with Crippen LogP contribution in [0.25, 0.3) is 0 Å². The first kappa shape index (κ1) is 16.2. The van der Waals surface area contributed by atoms with Gasteiger partial charge in [-0.2, -0.15) is 0 Å². The van der Waals surface area contributed by atoms with Crippen molar-refractivity contribution in [1.82, 2.24) is 9.80 Å². The molecule has 24 heavy (non-hydrogen) atoms. The average Bonchev–Trinajstić information content (AvgIpc) is 2.75. The Balaban J connectivity index is 1.47. The number of ether oxygens (including phenoxy) is 1. The van der Waals surface area contributed by atoms with Gasteiger partial charge in [-0.3, -0.25) is 9.69 Å². The number of benzene rings is 1. The van der Waals surface area contributed by atoms with Crippen LogP contribution in [0.1, 0.15) is 48.9 Å². The molecule has 3 fully saturated rings. The average molecular weight is 349 g/mol. The summed E-state index contributed by atoms with van der Waals surface area (Å²) >= 11 is 6.40. The molecular formula is C19H25ClN2O2. The fourth-order valence-electron chi connectivity index (χ4n) is 4.09. The van der Waals surface area contributed by atoms with Crippen LogP contribution >= 0.6 is 11.6 Å². The highest BCUT2D eigenvalue weighted by atomic mass is 35.5. The van der Waals surface area contributed by atoms with Gasteiger partial charge >= 0.3 is 0 Å². The molecule has 1 aromatic carbocycles. The van der Waals surface area contributed by atoms with Gasteiger partial charge in [-0.1, -0.05) is 11.6 Å². The Morgan fingerprint density at radius 1 is 1.17 bits per heavy atom. The smallest absolute Gasteiger partial charge is 0.255 e. The van der Waals surface area contributed by atoms with Crippen LogP contribution in [-0.4, -0.2) is 54.0 Å². The van der Waals surface area contributed by atoms with E-state index in [1.54, 1.807) is 6.07 Å². The maximum Gasteiger partial charge on any atom is 0.255 e. The minimum atomic E-state index is 0.0520. The number of rotatable bonds is 3. The first-order valence-electron chi connectivity index (χ1n) is 9.09. The van der Waals surface area contributed by atoms with Crippen molar-refractivity contribution >= 4 is 17.5 Å². The molecule has 4 nitrogen and oxygen atoms in total. The van der Waals surface area contributed by atoms with Crippen LogP contribution in [0, 0.1) is 0 Å². The molecule has 2 atom stereocenters. The Bertz CT molecular complexity index is 632. The maximum absolute atomic E-state index is 12.9. The number of carbonyl (C=O) groups excluding carboxylic acids is 1. The summed E-state index contributed by atoms with van der Waals surface area (Å²) in [7, 11) is 2.19. The number of hydrogen-bond acceptors (Lipinski definition) is 3. The molecule has 5 heteroatoms. The van der Waals surface area contributed by atoms with Gasteiger partial charge in [0.15, 0.2) is 0 Å². The highest BCUT2D eigenvalue weighted by molar-refractivity contribution is 6.34. The van der Waals surface area contributed by atoms with Crippen LogP contribution in [-0.2, 0) is 0 Å². The zero-order valence-electron chi connectivity index (χ0n) is 14.2. The van der Waals surface area contributed by atoms with Gasteiger partial charge in [0.05, 0.1) is 16.7 Å². The molecule has 1 aromatic rings. The molecule has 130 valence electrons. The lowest BCUT2D eigenvalue weighted by Crippen LogP contribution is -2.39. The second kappa shape index (κ2) is 6.57. The third kappa shape index (κ3) is 3.02. The molecule has 3 aliphatic rings. The number of amides is 1. The minimum Gasteiger partial charge on any atom is -0.490 e. The van der Waals surface area contributed by atoms with E-state index in [-0.39, 0.29) is 5.91 Å². The molecule has 1 amide bonds. The van der Waals surface area contributed by atoms with Crippen LogP contribution in [0.4, 0.5) is 0 Å². The van der Waals surface area contributed by atoms with Gasteiger partial charge in [0.2, 0.25) is 0 Å². The van der Waals surface area contributed by atoms with Gasteiger partial charge < -0.3 is 9.64 Å². The Hall–Kier alpha value is -1.26. The Morgan fingerprint density at radius 3 is 2.67 bits per heavy atom. The predicted octanol–water partition coefficient (Wildman–Crippen LogP) is 3.58. The molecule has 2 heterocycles. The van der Waals surface area contributed by atoms with E-state index in [9.17, 15) is 4.79 Å². The van der Waals surface area contributed by atoms with E-state index >= 15 is 0 Å². The summed E-state index contributed by atoms with van der Waals surface area (Å²) in [5.74, 6) is 0.826. The molecule has 0 spiro atoms. The van der Waals surface area contributed by atoms with Crippen molar-refractivity contribution in [2.75, 3.05) is 20.1 Å². The topological polar surface area (TPSA) is 32.8 Å². The standard InChI is InChI=1S/C19H25ClN2O2/c1-21-13-5-6-14(21)12-22(10-9-13)19(23)17-8-7-16(11-18(17)20)24-15-3-2-4-15/h7-8,11,13-15H,2-6,9-10,12H2,1H3. The van der Waals surface area contributed by atoms with Crippen molar-refractivity contribution in [1.29, 1.82) is 0 Å². The van der Waals surface area contributed by atoms with E-state index in [1.807, 2.05) is 17.0 Å². The summed E-state index contributed by atoms with van der Waals surface area (Å²) in [6.07, 6.45) is 7.29. The monoisotopic (exact) mass is 348 g/mol. The molecule has 2 bridgehead atoms. The van der Waals surface area contributed by atoms with Gasteiger partial charge in [-0.15, -0.1) is 0 Å². The zero-order chi connectivity index (χ0) is 16.7. The quantitative estimate of drug-likeness (QED) is 0.837. The van der Waals surface area contributed by atoms with Crippen molar-refractivity contribution < 1.29 is 9.53 Å². The van der Waals surface area contributed by atoms with Crippen molar-refractivity contribution in [2.24, 2.45) is 0 Å². The van der Waals surface area contributed by atoms with Crippen molar-refractivity contribution in [2.45, 2.75) is 56.7 Å². The Morgan fingerprint density at radius 2 is 1.96 bits per heavy atom. The van der Waals surface area contributed by atoms with Gasteiger partial charge in [0.1, 0.15) is 5.75 Å². The number of halogens is 1. The molecule has 0 N–H and O–H groups in total. The number of likely N-dealkylation sites (N-methyl/N-ethyl adjacent to an activating group) is 1. The molecule has 4 rings (SSSR count). The van der Waals surface area contributed by atoms with Crippen molar-refractivity contribution in [3.8, 4) is 5.75 Å². The minimum absolute atomic E-state index is 0.0520. The molecular weight excluding hydrogens is 324 g/mol. The Kier molecular flexibility index (Phi) is 4.44. The zero-order valence-corrected chi connectivity index (χ0v) is 15.0. The Labute approximate surface area is 148 Å². The summed E-state index contributed by atoms with van der Waals surface area (Å²) in [4.78, 5) is 17.4. The van der Waals surface area contributed by atoms with Crippen LogP contribution in [0.3, 0.4) is 0 Å². The highest BCUT2D eigenvalue weighted by Crippen LogP contribution is 2.31. The normalized spacial score (nSPS) is 27.7. The number of hydrogen-bond donors (Lipinski definition) is 0. The van der Waals surface area contributed by atoms with Crippen molar-refractivity contribution in [3.05, 3.63) is 28.8 Å². The molecule has 1 aliphatic carbocycles. The van der Waals surface area contributed by atoms with E-state index in [0.717, 1.165) is 38.1 Å². The summed E-state index contributed by atoms with van der Waals surface area (Å²) in [6, 6.07) is 6.62. The number of likely N-dealkylation sites (tertiary alicyclic amines) is 1. The fraction of sp³-hybridized carbons (Fsp3) is 0.632. The lowest BCUT2D eigenvalue weighted by atomic mass is 9.96.